The van der Waals surface area contributed by atoms with E-state index in [9.17, 15) is 10.1 Å². The van der Waals surface area contributed by atoms with Crippen LogP contribution in [0.25, 0.3) is 0 Å². The van der Waals surface area contributed by atoms with E-state index in [0.29, 0.717) is 12.2 Å². The van der Waals surface area contributed by atoms with Crippen LogP contribution >= 0.6 is 0 Å². The van der Waals surface area contributed by atoms with E-state index in [1.54, 1.807) is 31.5 Å². The third kappa shape index (κ3) is 2.76. The Labute approximate surface area is 103 Å². The largest absolute Gasteiger partial charge is 0.359 e. The highest BCUT2D eigenvalue weighted by atomic mass is 16.6. The maximum absolute atomic E-state index is 10.9. The van der Waals surface area contributed by atoms with Crippen molar-refractivity contribution in [2.75, 3.05) is 5.32 Å². The summed E-state index contributed by atoms with van der Waals surface area (Å²) in [6.07, 6.45) is 3.14. The van der Waals surface area contributed by atoms with Gasteiger partial charge in [0.05, 0.1) is 17.2 Å². The first-order valence-corrected chi connectivity index (χ1v) is 5.28. The molecule has 0 aromatic carbocycles. The number of hydrogen-bond donors (Lipinski definition) is 1. The number of hydrogen-bond acceptors (Lipinski definition) is 6. The third-order valence-corrected chi connectivity index (χ3v) is 2.27. The van der Waals surface area contributed by atoms with Crippen LogP contribution in [0.3, 0.4) is 0 Å². The van der Waals surface area contributed by atoms with Gasteiger partial charge in [-0.25, -0.2) is 4.98 Å². The molecule has 92 valence electrons. The second-order valence-corrected chi connectivity index (χ2v) is 3.71. The topological polar surface area (TPSA) is 93.8 Å². The van der Waals surface area contributed by atoms with E-state index in [-0.39, 0.29) is 11.5 Å². The number of anilines is 1. The molecule has 7 heteroatoms. The predicted molar refractivity (Wildman–Crippen MR) is 65.0 cm³/mol. The highest BCUT2D eigenvalue weighted by molar-refractivity contribution is 5.56. The monoisotopic (exact) mass is 245 g/mol. The Morgan fingerprint density at radius 3 is 3.00 bits per heavy atom. The molecule has 0 atom stereocenters. The van der Waals surface area contributed by atoms with Crippen molar-refractivity contribution in [2.45, 2.75) is 13.5 Å². The average molecular weight is 245 g/mol. The van der Waals surface area contributed by atoms with Crippen LogP contribution in [0.1, 0.15) is 11.3 Å². The van der Waals surface area contributed by atoms with Crippen molar-refractivity contribution in [1.29, 1.82) is 0 Å². The zero-order valence-corrected chi connectivity index (χ0v) is 9.70. The Balaban J connectivity index is 2.17. The second kappa shape index (κ2) is 5.17. The number of aromatic nitrogens is 3. The fraction of sp³-hybridized carbons (Fsp3) is 0.182. The average Bonchev–Trinajstić information content (AvgIpc) is 2.38. The first-order chi connectivity index (χ1) is 8.66. The van der Waals surface area contributed by atoms with Crippen molar-refractivity contribution < 1.29 is 4.92 Å². The molecule has 18 heavy (non-hydrogen) atoms. The minimum Gasteiger partial charge on any atom is -0.359 e. The standard InChI is InChI=1S/C11H11N5O2/c1-8-5-10(16(17)18)11(12-6-8)13-7-9-3-2-4-14-15-9/h2-6H,7H2,1H3,(H,12,13). The zero-order chi connectivity index (χ0) is 13.0. The highest BCUT2D eigenvalue weighted by Gasteiger charge is 2.15. The lowest BCUT2D eigenvalue weighted by Gasteiger charge is -2.05. The predicted octanol–water partition coefficient (Wildman–Crippen LogP) is 1.70. The number of aryl methyl sites for hydroxylation is 1. The Kier molecular flexibility index (Phi) is 3.42. The molecule has 2 aromatic heterocycles. The van der Waals surface area contributed by atoms with Crippen LogP contribution in [0.15, 0.2) is 30.6 Å². The Bertz CT molecular complexity index is 559. The van der Waals surface area contributed by atoms with Crippen molar-refractivity contribution in [3.8, 4) is 0 Å². The van der Waals surface area contributed by atoms with Gasteiger partial charge in [0.25, 0.3) is 0 Å². The maximum Gasteiger partial charge on any atom is 0.311 e. The molecule has 0 saturated heterocycles. The molecule has 2 heterocycles. The zero-order valence-electron chi connectivity index (χ0n) is 9.70. The molecule has 0 amide bonds. The summed E-state index contributed by atoms with van der Waals surface area (Å²) in [7, 11) is 0. The molecule has 2 aromatic rings. The van der Waals surface area contributed by atoms with E-state index in [2.05, 4.69) is 20.5 Å². The number of rotatable bonds is 4. The summed E-state index contributed by atoms with van der Waals surface area (Å²) in [5.41, 5.74) is 1.39. The SMILES string of the molecule is Cc1cnc(NCc2cccnn2)c([N+](=O)[O-])c1. The molecule has 0 saturated carbocycles. The minimum atomic E-state index is -0.459. The van der Waals surface area contributed by atoms with Crippen LogP contribution in [0.5, 0.6) is 0 Å². The lowest BCUT2D eigenvalue weighted by atomic mass is 10.3. The van der Waals surface area contributed by atoms with Gasteiger partial charge in [-0.2, -0.15) is 10.2 Å². The van der Waals surface area contributed by atoms with Crippen molar-refractivity contribution in [1.82, 2.24) is 15.2 Å². The van der Waals surface area contributed by atoms with Gasteiger partial charge >= 0.3 is 5.69 Å². The Hall–Kier alpha value is -2.57. The van der Waals surface area contributed by atoms with Crippen LogP contribution in [0.2, 0.25) is 0 Å². The summed E-state index contributed by atoms with van der Waals surface area (Å²) in [6, 6.07) is 5.01. The molecule has 0 bridgehead atoms. The lowest BCUT2D eigenvalue weighted by Crippen LogP contribution is -2.06. The quantitative estimate of drug-likeness (QED) is 0.650. The Morgan fingerprint density at radius 2 is 2.33 bits per heavy atom. The van der Waals surface area contributed by atoms with Crippen LogP contribution < -0.4 is 5.32 Å². The van der Waals surface area contributed by atoms with E-state index in [0.717, 1.165) is 5.56 Å². The Morgan fingerprint density at radius 1 is 1.50 bits per heavy atom. The van der Waals surface area contributed by atoms with Crippen LogP contribution in [0.4, 0.5) is 11.5 Å². The van der Waals surface area contributed by atoms with Gasteiger partial charge < -0.3 is 5.32 Å². The molecule has 1 N–H and O–H groups in total. The molecule has 0 aliphatic carbocycles. The van der Waals surface area contributed by atoms with Crippen molar-refractivity contribution in [3.63, 3.8) is 0 Å². The summed E-state index contributed by atoms with van der Waals surface area (Å²) in [5.74, 6) is 0.233. The highest BCUT2D eigenvalue weighted by Crippen LogP contribution is 2.22. The number of nitro groups is 1. The smallest absolute Gasteiger partial charge is 0.311 e. The van der Waals surface area contributed by atoms with E-state index >= 15 is 0 Å². The maximum atomic E-state index is 10.9. The molecule has 0 fully saturated rings. The first-order valence-electron chi connectivity index (χ1n) is 5.28. The first kappa shape index (κ1) is 11.9. The van der Waals surface area contributed by atoms with Crippen LogP contribution in [-0.4, -0.2) is 20.1 Å². The molecule has 0 aliphatic heterocycles. The number of nitrogens with one attached hydrogen (secondary N) is 1. The lowest BCUT2D eigenvalue weighted by molar-refractivity contribution is -0.384. The van der Waals surface area contributed by atoms with E-state index in [4.69, 9.17) is 0 Å². The van der Waals surface area contributed by atoms with Gasteiger partial charge in [0.15, 0.2) is 0 Å². The summed E-state index contributed by atoms with van der Waals surface area (Å²) in [5, 5.41) is 21.4. The molecule has 0 unspecified atom stereocenters. The van der Waals surface area contributed by atoms with Gasteiger partial charge in [0, 0.05) is 18.5 Å². The van der Waals surface area contributed by atoms with Gasteiger partial charge in [-0.3, -0.25) is 10.1 Å². The van der Waals surface area contributed by atoms with Gasteiger partial charge in [0.2, 0.25) is 5.82 Å². The summed E-state index contributed by atoms with van der Waals surface area (Å²) >= 11 is 0. The number of nitrogens with zero attached hydrogens (tertiary/aromatic N) is 4. The molecular formula is C11H11N5O2. The normalized spacial score (nSPS) is 10.1. The fourth-order valence-electron chi connectivity index (χ4n) is 1.43. The summed E-state index contributed by atoms with van der Waals surface area (Å²) in [4.78, 5) is 14.4. The van der Waals surface area contributed by atoms with Crippen LogP contribution in [0, 0.1) is 17.0 Å². The molecule has 2 rings (SSSR count). The number of pyridine rings is 1. The third-order valence-electron chi connectivity index (χ3n) is 2.27. The van der Waals surface area contributed by atoms with E-state index in [1.807, 2.05) is 0 Å². The van der Waals surface area contributed by atoms with Gasteiger partial charge in [-0.05, 0) is 24.6 Å². The van der Waals surface area contributed by atoms with E-state index < -0.39 is 4.92 Å². The molecule has 0 radical (unpaired) electrons. The second-order valence-electron chi connectivity index (χ2n) is 3.71. The minimum absolute atomic E-state index is 0.0427. The van der Waals surface area contributed by atoms with Crippen molar-refractivity contribution in [3.05, 3.63) is 52.0 Å². The summed E-state index contributed by atoms with van der Waals surface area (Å²) in [6.45, 7) is 2.09. The molecule has 0 spiro atoms. The summed E-state index contributed by atoms with van der Waals surface area (Å²) < 4.78 is 0. The van der Waals surface area contributed by atoms with Gasteiger partial charge in [-0.15, -0.1) is 0 Å². The van der Waals surface area contributed by atoms with Crippen molar-refractivity contribution >= 4 is 11.5 Å². The fourth-order valence-corrected chi connectivity index (χ4v) is 1.43. The molecule has 0 aliphatic rings. The van der Waals surface area contributed by atoms with Gasteiger partial charge in [0.1, 0.15) is 0 Å². The molecule has 7 nitrogen and oxygen atoms in total. The van der Waals surface area contributed by atoms with Crippen molar-refractivity contribution in [2.24, 2.45) is 0 Å². The van der Waals surface area contributed by atoms with Gasteiger partial charge in [-0.1, -0.05) is 0 Å². The van der Waals surface area contributed by atoms with Crippen LogP contribution in [-0.2, 0) is 6.54 Å². The van der Waals surface area contributed by atoms with E-state index in [1.165, 1.54) is 6.07 Å². The molecular weight excluding hydrogens is 234 g/mol.